The average Bonchev–Trinajstić information content (AvgIpc) is 3.08. The lowest BCUT2D eigenvalue weighted by Gasteiger charge is -2.00. The van der Waals surface area contributed by atoms with Crippen molar-refractivity contribution >= 4 is 42.9 Å². The van der Waals surface area contributed by atoms with Crippen molar-refractivity contribution < 1.29 is 12.8 Å². The van der Waals surface area contributed by atoms with E-state index >= 15 is 0 Å². The zero-order valence-corrected chi connectivity index (χ0v) is 13.7. The highest BCUT2D eigenvalue weighted by atomic mass is 32.2. The summed E-state index contributed by atoms with van der Waals surface area (Å²) >= 11 is 2.25. The van der Waals surface area contributed by atoms with E-state index in [4.69, 9.17) is 0 Å². The number of allylic oxidation sites excluding steroid dienone is 1. The third-order valence-corrected chi connectivity index (χ3v) is 6.70. The van der Waals surface area contributed by atoms with Crippen LogP contribution in [0.25, 0.3) is 10.2 Å². The first-order valence-corrected chi connectivity index (χ1v) is 9.39. The van der Waals surface area contributed by atoms with E-state index in [1.54, 1.807) is 28.2 Å². The molecule has 0 atom stereocenters. The molecule has 3 aromatic rings. The van der Waals surface area contributed by atoms with Crippen LogP contribution in [0.1, 0.15) is 0 Å². The molecule has 0 saturated carbocycles. The molecule has 0 amide bonds. The fourth-order valence-electron chi connectivity index (χ4n) is 1.98. The molecule has 0 N–H and O–H groups in total. The number of benzene rings is 1. The molecule has 4 nitrogen and oxygen atoms in total. The number of rotatable bonds is 4. The molecular formula is C14H11FN2O2S3. The average molecular weight is 354 g/mol. The molecule has 1 aromatic carbocycles. The highest BCUT2D eigenvalue weighted by Gasteiger charge is 2.15. The second kappa shape index (κ2) is 5.79. The van der Waals surface area contributed by atoms with Gasteiger partial charge in [-0.3, -0.25) is 0 Å². The summed E-state index contributed by atoms with van der Waals surface area (Å²) in [7, 11) is -3.76. The first-order valence-electron chi connectivity index (χ1n) is 6.25. The number of thiazole rings is 1. The van der Waals surface area contributed by atoms with E-state index in [0.717, 1.165) is 28.2 Å². The third kappa shape index (κ3) is 2.77. The number of aromatic nitrogens is 1. The first-order chi connectivity index (χ1) is 10.5. The highest BCUT2D eigenvalue weighted by Crippen LogP contribution is 2.21. The molecule has 0 aliphatic rings. The zero-order valence-electron chi connectivity index (χ0n) is 11.3. The quantitative estimate of drug-likeness (QED) is 0.675. The van der Waals surface area contributed by atoms with Crippen molar-refractivity contribution in [1.82, 2.24) is 4.57 Å². The molecule has 0 radical (unpaired) electrons. The van der Waals surface area contributed by atoms with Crippen LogP contribution >= 0.6 is 22.7 Å². The van der Waals surface area contributed by atoms with E-state index < -0.39 is 10.0 Å². The predicted molar refractivity (Wildman–Crippen MR) is 87.0 cm³/mol. The summed E-state index contributed by atoms with van der Waals surface area (Å²) in [5.74, 6) is -0.368. The Morgan fingerprint density at radius 3 is 2.86 bits per heavy atom. The Hall–Kier alpha value is -1.77. The number of nitrogens with zero attached hydrogens (tertiary/aromatic N) is 2. The Bertz CT molecular complexity index is 999. The second-order valence-electron chi connectivity index (χ2n) is 4.39. The SMILES string of the molecule is C=CCn1/c(=N/S(=O)(=O)c2cccs2)sc2cc(F)ccc21. The number of sulfonamides is 1. The van der Waals surface area contributed by atoms with E-state index in [-0.39, 0.29) is 10.0 Å². The molecule has 0 unspecified atom stereocenters. The number of hydrogen-bond donors (Lipinski definition) is 0. The van der Waals surface area contributed by atoms with Crippen molar-refractivity contribution in [1.29, 1.82) is 0 Å². The van der Waals surface area contributed by atoms with Gasteiger partial charge in [0, 0.05) is 6.54 Å². The van der Waals surface area contributed by atoms with Gasteiger partial charge in [0.2, 0.25) is 4.80 Å². The van der Waals surface area contributed by atoms with Crippen LogP contribution in [0.15, 0.2) is 57.0 Å². The van der Waals surface area contributed by atoms with Gasteiger partial charge in [-0.15, -0.1) is 22.3 Å². The Balaban J connectivity index is 2.28. The van der Waals surface area contributed by atoms with Gasteiger partial charge in [0.1, 0.15) is 10.0 Å². The van der Waals surface area contributed by atoms with Crippen molar-refractivity contribution in [2.45, 2.75) is 10.8 Å². The summed E-state index contributed by atoms with van der Waals surface area (Å²) in [6.45, 7) is 4.06. The Morgan fingerprint density at radius 2 is 2.18 bits per heavy atom. The van der Waals surface area contributed by atoms with Crippen molar-refractivity contribution in [2.75, 3.05) is 0 Å². The molecule has 0 aliphatic carbocycles. The summed E-state index contributed by atoms with van der Waals surface area (Å²) in [4.78, 5) is 0.300. The lowest BCUT2D eigenvalue weighted by atomic mass is 10.3. The van der Waals surface area contributed by atoms with Crippen LogP contribution in [0, 0.1) is 5.82 Å². The maximum atomic E-state index is 13.4. The van der Waals surface area contributed by atoms with Crippen LogP contribution in [0.5, 0.6) is 0 Å². The number of thiophene rings is 1. The summed E-state index contributed by atoms with van der Waals surface area (Å²) < 4.78 is 44.4. The monoisotopic (exact) mass is 354 g/mol. The third-order valence-electron chi connectivity index (χ3n) is 2.90. The number of halogens is 1. The molecule has 8 heteroatoms. The standard InChI is InChI=1S/C14H11FN2O2S3/c1-2-7-17-11-6-5-10(15)9-12(11)21-14(17)16-22(18,19)13-4-3-8-20-13/h2-6,8-9H,1,7H2/b16-14-. The smallest absolute Gasteiger partial charge is 0.294 e. The summed E-state index contributed by atoms with van der Waals surface area (Å²) in [5.41, 5.74) is 0.728. The largest absolute Gasteiger partial charge is 0.312 e. The van der Waals surface area contributed by atoms with Crippen LogP contribution in [0.2, 0.25) is 0 Å². The molecule has 2 aromatic heterocycles. The van der Waals surface area contributed by atoms with Gasteiger partial charge in [0.05, 0.1) is 10.2 Å². The van der Waals surface area contributed by atoms with Crippen LogP contribution in [0.3, 0.4) is 0 Å². The van der Waals surface area contributed by atoms with Gasteiger partial charge in [-0.2, -0.15) is 8.42 Å². The lowest BCUT2D eigenvalue weighted by molar-refractivity contribution is 0.598. The van der Waals surface area contributed by atoms with Gasteiger partial charge in [0.25, 0.3) is 10.0 Å². The van der Waals surface area contributed by atoms with Gasteiger partial charge >= 0.3 is 0 Å². The van der Waals surface area contributed by atoms with Gasteiger partial charge in [-0.25, -0.2) is 4.39 Å². The van der Waals surface area contributed by atoms with E-state index in [1.807, 2.05) is 0 Å². The molecule has 22 heavy (non-hydrogen) atoms. The van der Waals surface area contributed by atoms with Crippen LogP contribution < -0.4 is 4.80 Å². The molecule has 0 aliphatic heterocycles. The summed E-state index contributed by atoms with van der Waals surface area (Å²) in [6.07, 6.45) is 1.65. The van der Waals surface area contributed by atoms with E-state index in [1.165, 1.54) is 18.2 Å². The maximum Gasteiger partial charge on any atom is 0.294 e. The Morgan fingerprint density at radius 1 is 1.36 bits per heavy atom. The van der Waals surface area contributed by atoms with Crippen molar-refractivity contribution in [3.63, 3.8) is 0 Å². The normalized spacial score (nSPS) is 12.9. The highest BCUT2D eigenvalue weighted by molar-refractivity contribution is 7.92. The van der Waals surface area contributed by atoms with Gasteiger partial charge < -0.3 is 4.57 Å². The van der Waals surface area contributed by atoms with Gasteiger partial charge in [0.15, 0.2) is 0 Å². The van der Waals surface area contributed by atoms with Crippen molar-refractivity contribution in [3.8, 4) is 0 Å². The van der Waals surface area contributed by atoms with E-state index in [2.05, 4.69) is 11.0 Å². The molecule has 0 fully saturated rings. The number of fused-ring (bicyclic) bond motifs is 1. The molecule has 0 bridgehead atoms. The van der Waals surface area contributed by atoms with E-state index in [0.29, 0.717) is 16.0 Å². The molecule has 114 valence electrons. The maximum absolute atomic E-state index is 13.4. The first kappa shape index (κ1) is 15.1. The zero-order chi connectivity index (χ0) is 15.7. The molecule has 0 saturated heterocycles. The second-order valence-corrected chi connectivity index (χ2v) is 8.18. The Kier molecular flexibility index (Phi) is 3.98. The minimum absolute atomic E-state index is 0.182. The topological polar surface area (TPSA) is 51.4 Å². The summed E-state index contributed by atoms with van der Waals surface area (Å²) in [6, 6.07) is 7.49. The van der Waals surface area contributed by atoms with Crippen molar-refractivity contribution in [3.05, 3.63) is 59.0 Å². The van der Waals surface area contributed by atoms with Crippen LogP contribution in [0.4, 0.5) is 4.39 Å². The minimum Gasteiger partial charge on any atom is -0.312 e. The fourth-order valence-corrected chi connectivity index (χ4v) is 5.22. The molecule has 3 rings (SSSR count). The molecule has 0 spiro atoms. The molecular weight excluding hydrogens is 343 g/mol. The minimum atomic E-state index is -3.76. The Labute approximate surface area is 134 Å². The fraction of sp³-hybridized carbons (Fsp3) is 0.0714. The van der Waals surface area contributed by atoms with Crippen LogP contribution in [-0.2, 0) is 16.6 Å². The number of hydrogen-bond acceptors (Lipinski definition) is 4. The van der Waals surface area contributed by atoms with Gasteiger partial charge in [-0.05, 0) is 29.6 Å². The van der Waals surface area contributed by atoms with E-state index in [9.17, 15) is 12.8 Å². The predicted octanol–water partition coefficient (Wildman–Crippen LogP) is 3.38. The van der Waals surface area contributed by atoms with Gasteiger partial charge in [-0.1, -0.05) is 23.5 Å². The lowest BCUT2D eigenvalue weighted by Crippen LogP contribution is -2.16. The summed E-state index contributed by atoms with van der Waals surface area (Å²) in [5, 5.41) is 1.68. The van der Waals surface area contributed by atoms with Crippen LogP contribution in [-0.4, -0.2) is 13.0 Å². The van der Waals surface area contributed by atoms with Crippen molar-refractivity contribution in [2.24, 2.45) is 4.40 Å². The molecule has 2 heterocycles.